The van der Waals surface area contributed by atoms with Crippen LogP contribution in [0.2, 0.25) is 0 Å². The number of hydrogen-bond donors (Lipinski definition) is 0. The second kappa shape index (κ2) is 10.8. The molecule has 3 nitrogen and oxygen atoms in total. The fraction of sp³-hybridized carbons (Fsp3) is 0. The fourth-order valence-corrected chi connectivity index (χ4v) is 6.84. The maximum absolute atomic E-state index is 9.37. The summed E-state index contributed by atoms with van der Waals surface area (Å²) in [7, 11) is 0. The van der Waals surface area contributed by atoms with Crippen LogP contribution in [0.15, 0.2) is 162 Å². The van der Waals surface area contributed by atoms with Crippen LogP contribution in [0.3, 0.4) is 0 Å². The summed E-state index contributed by atoms with van der Waals surface area (Å²) in [6.07, 6.45) is 0. The molecule has 0 amide bonds. The van der Waals surface area contributed by atoms with Gasteiger partial charge in [-0.05, 0) is 114 Å². The number of fused-ring (bicyclic) bond motifs is 4. The molecule has 218 valence electrons. The highest BCUT2D eigenvalue weighted by Gasteiger charge is 2.17. The minimum absolute atomic E-state index is 0.633. The first-order chi connectivity index (χ1) is 23.2. The van der Waals surface area contributed by atoms with Crippen molar-refractivity contribution < 1.29 is 4.42 Å². The van der Waals surface area contributed by atoms with Crippen LogP contribution in [-0.4, -0.2) is 4.98 Å². The number of aromatic nitrogens is 1. The molecule has 0 bridgehead atoms. The highest BCUT2D eigenvalue weighted by molar-refractivity contribution is 6.21. The summed E-state index contributed by atoms with van der Waals surface area (Å²) in [5.74, 6) is 0.633. The molecule has 8 aromatic carbocycles. The van der Waals surface area contributed by atoms with E-state index in [2.05, 4.69) is 132 Å². The molecular weight excluding hydrogens is 572 g/mol. The molecule has 0 aliphatic heterocycles. The smallest absolute Gasteiger partial charge is 0.227 e. The standard InChI is InChI=1S/C44H26N2O/c45-27-28-13-15-30(16-14-28)42-36-7-1-3-9-38(36)43(39-10-4-2-8-37(39)42)35-24-23-33-25-32(21-22-34(33)26-35)29-17-19-31(20-18-29)44-46-40-11-5-6-12-41(40)47-44/h1-26H. The number of nitriles is 1. The fourth-order valence-electron chi connectivity index (χ4n) is 6.84. The zero-order valence-electron chi connectivity index (χ0n) is 25.3. The Bertz CT molecular complexity index is 2590. The number of hydrogen-bond acceptors (Lipinski definition) is 3. The van der Waals surface area contributed by atoms with Gasteiger partial charge < -0.3 is 4.42 Å². The molecule has 1 aromatic heterocycles. The van der Waals surface area contributed by atoms with E-state index in [9.17, 15) is 5.26 Å². The Kier molecular flexibility index (Phi) is 6.19. The lowest BCUT2D eigenvalue weighted by molar-refractivity contribution is 0.620. The molecule has 0 fully saturated rings. The van der Waals surface area contributed by atoms with E-state index in [0.717, 1.165) is 33.4 Å². The van der Waals surface area contributed by atoms with Gasteiger partial charge >= 0.3 is 0 Å². The van der Waals surface area contributed by atoms with Gasteiger partial charge in [-0.1, -0.05) is 109 Å². The molecule has 0 radical (unpaired) electrons. The van der Waals surface area contributed by atoms with Crippen molar-refractivity contribution in [3.05, 3.63) is 163 Å². The van der Waals surface area contributed by atoms with Gasteiger partial charge in [0, 0.05) is 5.56 Å². The van der Waals surface area contributed by atoms with Crippen molar-refractivity contribution in [1.29, 1.82) is 5.26 Å². The van der Waals surface area contributed by atoms with E-state index in [4.69, 9.17) is 4.42 Å². The maximum Gasteiger partial charge on any atom is 0.227 e. The van der Waals surface area contributed by atoms with Gasteiger partial charge in [0.1, 0.15) is 5.52 Å². The Morgan fingerprint density at radius 3 is 1.55 bits per heavy atom. The molecule has 47 heavy (non-hydrogen) atoms. The molecule has 9 aromatic rings. The molecule has 9 rings (SSSR count). The lowest BCUT2D eigenvalue weighted by Crippen LogP contribution is -1.91. The van der Waals surface area contributed by atoms with Crippen molar-refractivity contribution in [2.75, 3.05) is 0 Å². The summed E-state index contributed by atoms with van der Waals surface area (Å²) in [5.41, 5.74) is 10.3. The van der Waals surface area contributed by atoms with Crippen molar-refractivity contribution in [1.82, 2.24) is 4.98 Å². The Labute approximate surface area is 271 Å². The second-order valence-corrected chi connectivity index (χ2v) is 11.9. The summed E-state index contributed by atoms with van der Waals surface area (Å²) in [4.78, 5) is 4.65. The van der Waals surface area contributed by atoms with E-state index in [0.29, 0.717) is 11.5 Å². The van der Waals surface area contributed by atoms with E-state index in [-0.39, 0.29) is 0 Å². The number of para-hydroxylation sites is 2. The number of benzene rings is 8. The van der Waals surface area contributed by atoms with Gasteiger partial charge in [-0.15, -0.1) is 0 Å². The predicted octanol–water partition coefficient (Wildman–Crippen LogP) is 11.8. The van der Waals surface area contributed by atoms with Crippen molar-refractivity contribution in [3.63, 3.8) is 0 Å². The van der Waals surface area contributed by atoms with Crippen LogP contribution in [0.5, 0.6) is 0 Å². The third-order valence-electron chi connectivity index (χ3n) is 9.12. The largest absolute Gasteiger partial charge is 0.436 e. The molecule has 0 unspecified atom stereocenters. The van der Waals surface area contributed by atoms with Gasteiger partial charge in [-0.2, -0.15) is 5.26 Å². The van der Waals surface area contributed by atoms with Crippen LogP contribution in [-0.2, 0) is 0 Å². The minimum Gasteiger partial charge on any atom is -0.436 e. The molecule has 0 N–H and O–H groups in total. The molecule has 0 aliphatic carbocycles. The second-order valence-electron chi connectivity index (χ2n) is 11.9. The van der Waals surface area contributed by atoms with Crippen LogP contribution in [0.25, 0.3) is 88.3 Å². The summed E-state index contributed by atoms with van der Waals surface area (Å²) >= 11 is 0. The molecule has 0 aliphatic rings. The quantitative estimate of drug-likeness (QED) is 0.189. The third kappa shape index (κ3) is 4.55. The van der Waals surface area contributed by atoms with Crippen molar-refractivity contribution >= 4 is 43.4 Å². The molecule has 0 spiro atoms. The Morgan fingerprint density at radius 2 is 0.936 bits per heavy atom. The van der Waals surface area contributed by atoms with Crippen molar-refractivity contribution in [2.24, 2.45) is 0 Å². The lowest BCUT2D eigenvalue weighted by Gasteiger charge is -2.18. The van der Waals surface area contributed by atoms with Crippen LogP contribution in [0, 0.1) is 11.3 Å². The Balaban J connectivity index is 1.13. The Hall–Kier alpha value is -6.50. The minimum atomic E-state index is 0.633. The lowest BCUT2D eigenvalue weighted by atomic mass is 9.85. The zero-order valence-corrected chi connectivity index (χ0v) is 25.3. The maximum atomic E-state index is 9.37. The highest BCUT2D eigenvalue weighted by atomic mass is 16.3. The first-order valence-corrected chi connectivity index (χ1v) is 15.7. The first kappa shape index (κ1) is 26.9. The zero-order chi connectivity index (χ0) is 31.3. The SMILES string of the molecule is N#Cc1ccc(-c2c3ccccc3c(-c3ccc4cc(-c5ccc(-c6nc7ccccc7o6)cc5)ccc4c3)c3ccccc23)cc1. The van der Waals surface area contributed by atoms with Crippen molar-refractivity contribution in [3.8, 4) is 50.9 Å². The van der Waals surface area contributed by atoms with Crippen LogP contribution >= 0.6 is 0 Å². The van der Waals surface area contributed by atoms with Crippen LogP contribution in [0.1, 0.15) is 5.56 Å². The van der Waals surface area contributed by atoms with Gasteiger partial charge in [0.05, 0.1) is 11.6 Å². The average Bonchev–Trinajstić information content (AvgIpc) is 3.58. The van der Waals surface area contributed by atoms with E-state index >= 15 is 0 Å². The van der Waals surface area contributed by atoms with Gasteiger partial charge in [0.2, 0.25) is 5.89 Å². The van der Waals surface area contributed by atoms with E-state index in [1.54, 1.807) is 0 Å². The molecule has 0 saturated heterocycles. The molecule has 0 saturated carbocycles. The molecule has 1 heterocycles. The van der Waals surface area contributed by atoms with Crippen molar-refractivity contribution in [2.45, 2.75) is 0 Å². The van der Waals surface area contributed by atoms with Gasteiger partial charge in [-0.3, -0.25) is 0 Å². The molecule has 0 atom stereocenters. The van der Waals surface area contributed by atoms with Crippen LogP contribution < -0.4 is 0 Å². The molecular formula is C44H26N2O. The van der Waals surface area contributed by atoms with E-state index in [1.165, 1.54) is 49.0 Å². The summed E-state index contributed by atoms with van der Waals surface area (Å²) in [5, 5.41) is 16.6. The monoisotopic (exact) mass is 598 g/mol. The number of rotatable bonds is 4. The summed E-state index contributed by atoms with van der Waals surface area (Å²) < 4.78 is 5.97. The topological polar surface area (TPSA) is 49.8 Å². The summed E-state index contributed by atoms with van der Waals surface area (Å²) in [6.45, 7) is 0. The number of oxazole rings is 1. The van der Waals surface area contributed by atoms with Crippen LogP contribution in [0.4, 0.5) is 0 Å². The summed E-state index contributed by atoms with van der Waals surface area (Å²) in [6, 6.07) is 57.2. The van der Waals surface area contributed by atoms with E-state index < -0.39 is 0 Å². The normalized spacial score (nSPS) is 11.4. The third-order valence-corrected chi connectivity index (χ3v) is 9.12. The van der Waals surface area contributed by atoms with E-state index in [1.807, 2.05) is 36.4 Å². The number of nitrogens with zero attached hydrogens (tertiary/aromatic N) is 2. The average molecular weight is 599 g/mol. The van der Waals surface area contributed by atoms with Gasteiger partial charge in [0.15, 0.2) is 5.58 Å². The molecule has 3 heteroatoms. The highest BCUT2D eigenvalue weighted by Crippen LogP contribution is 2.44. The van der Waals surface area contributed by atoms with Gasteiger partial charge in [0.25, 0.3) is 0 Å². The van der Waals surface area contributed by atoms with Gasteiger partial charge in [-0.25, -0.2) is 4.98 Å². The first-order valence-electron chi connectivity index (χ1n) is 15.7. The predicted molar refractivity (Wildman–Crippen MR) is 193 cm³/mol. The Morgan fingerprint density at radius 1 is 0.447 bits per heavy atom.